The minimum absolute atomic E-state index is 0.0320. The second kappa shape index (κ2) is 14.9. The molecule has 3 aromatic rings. The van der Waals surface area contributed by atoms with Crippen molar-refractivity contribution in [1.29, 1.82) is 0 Å². The van der Waals surface area contributed by atoms with Gasteiger partial charge in [0, 0.05) is 32.7 Å². The van der Waals surface area contributed by atoms with Crippen molar-refractivity contribution in [2.75, 3.05) is 26.8 Å². The van der Waals surface area contributed by atoms with E-state index in [0.29, 0.717) is 37.4 Å². The van der Waals surface area contributed by atoms with E-state index in [9.17, 15) is 18.0 Å². The molecule has 1 heterocycles. The topological polar surface area (TPSA) is 114 Å². The number of hydrogen-bond acceptors (Lipinski definition) is 6. The first kappa shape index (κ1) is 31.2. The molecule has 0 aromatic heterocycles. The van der Waals surface area contributed by atoms with Crippen LogP contribution in [0.2, 0.25) is 0 Å². The molecule has 10 heteroatoms. The Kier molecular flexibility index (Phi) is 11.1. The quantitative estimate of drug-likeness (QED) is 0.292. The summed E-state index contributed by atoms with van der Waals surface area (Å²) in [5.41, 5.74) is 2.39. The van der Waals surface area contributed by atoms with E-state index >= 15 is 0 Å². The lowest BCUT2D eigenvalue weighted by Gasteiger charge is -2.32. The van der Waals surface area contributed by atoms with Crippen LogP contribution in [0.1, 0.15) is 48.9 Å². The lowest BCUT2D eigenvalue weighted by molar-refractivity contribution is -0.141. The van der Waals surface area contributed by atoms with Gasteiger partial charge in [0.15, 0.2) is 0 Å². The standard InChI is InChI=1S/C32H39N3O6S/c1-3-34-42(38,39)29-18-13-24(14-19-29)15-20-30(36)35(23-25-11-16-27(40-2)17-12-25)31(26-8-5-4-6-9-26)32(37)33-22-28-10-7-21-41-28/h4-6,8-9,11-14,16-19,28,31,34H,3,7,10,15,20-23H2,1-2H3,(H,33,37)/t28-,31+/m0/s1. The average molecular weight is 594 g/mol. The maximum Gasteiger partial charge on any atom is 0.247 e. The second-order valence-corrected chi connectivity index (χ2v) is 12.0. The molecule has 0 bridgehead atoms. The van der Waals surface area contributed by atoms with Gasteiger partial charge in [0.25, 0.3) is 0 Å². The van der Waals surface area contributed by atoms with Gasteiger partial charge >= 0.3 is 0 Å². The third kappa shape index (κ3) is 8.40. The normalized spacial score (nSPS) is 15.6. The van der Waals surface area contributed by atoms with Crippen molar-refractivity contribution < 1.29 is 27.5 Å². The van der Waals surface area contributed by atoms with E-state index in [1.165, 1.54) is 12.1 Å². The molecule has 0 radical (unpaired) electrons. The van der Waals surface area contributed by atoms with Gasteiger partial charge in [0.1, 0.15) is 11.8 Å². The van der Waals surface area contributed by atoms with E-state index in [1.54, 1.807) is 31.1 Å². The summed E-state index contributed by atoms with van der Waals surface area (Å²) >= 11 is 0. The van der Waals surface area contributed by atoms with Crippen molar-refractivity contribution >= 4 is 21.8 Å². The van der Waals surface area contributed by atoms with Crippen molar-refractivity contribution in [2.45, 2.75) is 56.2 Å². The molecule has 0 spiro atoms. The molecule has 1 aliphatic rings. The molecule has 2 N–H and O–H groups in total. The summed E-state index contributed by atoms with van der Waals surface area (Å²) in [5, 5.41) is 3.03. The molecule has 3 aromatic carbocycles. The van der Waals surface area contributed by atoms with Crippen molar-refractivity contribution in [2.24, 2.45) is 0 Å². The van der Waals surface area contributed by atoms with Gasteiger partial charge in [-0.25, -0.2) is 13.1 Å². The van der Waals surface area contributed by atoms with E-state index in [2.05, 4.69) is 10.0 Å². The average Bonchev–Trinajstić information content (AvgIpc) is 3.53. The van der Waals surface area contributed by atoms with E-state index in [4.69, 9.17) is 9.47 Å². The lowest BCUT2D eigenvalue weighted by atomic mass is 10.0. The molecule has 2 amide bonds. The number of sulfonamides is 1. The van der Waals surface area contributed by atoms with Crippen LogP contribution in [0.4, 0.5) is 0 Å². The van der Waals surface area contributed by atoms with Crippen LogP contribution in [-0.4, -0.2) is 58.0 Å². The summed E-state index contributed by atoms with van der Waals surface area (Å²) < 4.78 is 38.1. The Morgan fingerprint density at radius 2 is 1.69 bits per heavy atom. The molecule has 1 aliphatic heterocycles. The number of nitrogens with zero attached hydrogens (tertiary/aromatic N) is 1. The maximum absolute atomic E-state index is 13.9. The van der Waals surface area contributed by atoms with Crippen LogP contribution in [0.3, 0.4) is 0 Å². The summed E-state index contributed by atoms with van der Waals surface area (Å²) in [6, 6.07) is 22.4. The van der Waals surface area contributed by atoms with Crippen LogP contribution in [-0.2, 0) is 37.3 Å². The molecule has 1 saturated heterocycles. The minimum Gasteiger partial charge on any atom is -0.497 e. The van der Waals surface area contributed by atoms with E-state index in [0.717, 1.165) is 24.0 Å². The monoisotopic (exact) mass is 593 g/mol. The van der Waals surface area contributed by atoms with Crippen molar-refractivity contribution in [3.63, 3.8) is 0 Å². The first-order valence-corrected chi connectivity index (χ1v) is 15.7. The molecule has 42 heavy (non-hydrogen) atoms. The number of hydrogen-bond donors (Lipinski definition) is 2. The third-order valence-corrected chi connectivity index (χ3v) is 8.79. The molecule has 4 rings (SSSR count). The Morgan fingerprint density at radius 1 is 1.00 bits per heavy atom. The number of rotatable bonds is 14. The van der Waals surface area contributed by atoms with Gasteiger partial charge in [0.2, 0.25) is 21.8 Å². The molecule has 0 unspecified atom stereocenters. The number of carbonyl (C=O) groups excluding carboxylic acids is 2. The van der Waals surface area contributed by atoms with E-state index in [-0.39, 0.29) is 35.8 Å². The lowest BCUT2D eigenvalue weighted by Crippen LogP contribution is -2.45. The number of benzene rings is 3. The molecule has 9 nitrogen and oxygen atoms in total. The summed E-state index contributed by atoms with van der Waals surface area (Å²) in [7, 11) is -1.97. The fraction of sp³-hybridized carbons (Fsp3) is 0.375. The second-order valence-electron chi connectivity index (χ2n) is 10.2. The van der Waals surface area contributed by atoms with Gasteiger partial charge in [-0.3, -0.25) is 9.59 Å². The van der Waals surface area contributed by atoms with Crippen LogP contribution >= 0.6 is 0 Å². The predicted molar refractivity (Wildman–Crippen MR) is 160 cm³/mol. The number of methoxy groups -OCH3 is 1. The third-order valence-electron chi connectivity index (χ3n) is 7.23. The highest BCUT2D eigenvalue weighted by Crippen LogP contribution is 2.26. The highest BCUT2D eigenvalue weighted by molar-refractivity contribution is 7.89. The Morgan fingerprint density at radius 3 is 2.31 bits per heavy atom. The zero-order chi connectivity index (χ0) is 30.0. The highest BCUT2D eigenvalue weighted by atomic mass is 32.2. The largest absolute Gasteiger partial charge is 0.497 e. The van der Waals surface area contributed by atoms with Crippen LogP contribution in [0.5, 0.6) is 5.75 Å². The first-order valence-electron chi connectivity index (χ1n) is 14.3. The van der Waals surface area contributed by atoms with Crippen LogP contribution in [0, 0.1) is 0 Å². The zero-order valence-electron chi connectivity index (χ0n) is 24.1. The van der Waals surface area contributed by atoms with Gasteiger partial charge in [-0.05, 0) is 60.2 Å². The fourth-order valence-electron chi connectivity index (χ4n) is 4.98. The number of amides is 2. The van der Waals surface area contributed by atoms with Crippen LogP contribution < -0.4 is 14.8 Å². The molecule has 0 saturated carbocycles. The zero-order valence-corrected chi connectivity index (χ0v) is 24.9. The molecule has 2 atom stereocenters. The molecular weight excluding hydrogens is 554 g/mol. The SMILES string of the molecule is CCNS(=O)(=O)c1ccc(CCC(=O)N(Cc2ccc(OC)cc2)[C@@H](C(=O)NC[C@@H]2CCCO2)c2ccccc2)cc1. The fourth-order valence-corrected chi connectivity index (χ4v) is 6.02. The number of ether oxygens (including phenoxy) is 2. The Bertz CT molecular complexity index is 1410. The first-order chi connectivity index (χ1) is 20.3. The smallest absolute Gasteiger partial charge is 0.247 e. The van der Waals surface area contributed by atoms with E-state index in [1.807, 2.05) is 54.6 Å². The van der Waals surface area contributed by atoms with Crippen molar-refractivity contribution in [1.82, 2.24) is 14.9 Å². The summed E-state index contributed by atoms with van der Waals surface area (Å²) in [6.07, 6.45) is 2.35. The van der Waals surface area contributed by atoms with E-state index < -0.39 is 16.1 Å². The summed E-state index contributed by atoms with van der Waals surface area (Å²) in [5.74, 6) is 0.234. The molecule has 224 valence electrons. The number of aryl methyl sites for hydroxylation is 1. The van der Waals surface area contributed by atoms with Gasteiger partial charge in [-0.2, -0.15) is 0 Å². The Hall–Kier alpha value is -3.73. The number of nitrogens with one attached hydrogen (secondary N) is 2. The Labute approximate surface area is 248 Å². The highest BCUT2D eigenvalue weighted by Gasteiger charge is 2.32. The molecule has 0 aliphatic carbocycles. The predicted octanol–water partition coefficient (Wildman–Crippen LogP) is 3.99. The van der Waals surface area contributed by atoms with Gasteiger partial charge < -0.3 is 19.7 Å². The summed E-state index contributed by atoms with van der Waals surface area (Å²) in [6.45, 7) is 3.31. The van der Waals surface area contributed by atoms with Crippen LogP contribution in [0.15, 0.2) is 83.8 Å². The Balaban J connectivity index is 1.57. The maximum atomic E-state index is 13.9. The van der Waals surface area contributed by atoms with Crippen molar-refractivity contribution in [3.8, 4) is 5.75 Å². The van der Waals surface area contributed by atoms with Gasteiger partial charge in [0.05, 0.1) is 18.1 Å². The molecular formula is C32H39N3O6S. The number of carbonyl (C=O) groups is 2. The van der Waals surface area contributed by atoms with Gasteiger partial charge in [-0.1, -0.05) is 61.5 Å². The molecule has 1 fully saturated rings. The van der Waals surface area contributed by atoms with Gasteiger partial charge in [-0.15, -0.1) is 0 Å². The summed E-state index contributed by atoms with van der Waals surface area (Å²) in [4.78, 5) is 29.5. The minimum atomic E-state index is -3.56. The van der Waals surface area contributed by atoms with Crippen LogP contribution in [0.25, 0.3) is 0 Å². The van der Waals surface area contributed by atoms with Crippen molar-refractivity contribution in [3.05, 3.63) is 95.6 Å².